The van der Waals surface area contributed by atoms with E-state index in [0.29, 0.717) is 51.4 Å². The lowest BCUT2D eigenvalue weighted by Crippen LogP contribution is -2.56. The van der Waals surface area contributed by atoms with E-state index < -0.39 is 16.0 Å². The molecule has 0 radical (unpaired) electrons. The zero-order valence-electron chi connectivity index (χ0n) is 14.7. The number of halogens is 1. The Morgan fingerprint density at radius 3 is 2.12 bits per heavy atom. The predicted octanol–water partition coefficient (Wildman–Crippen LogP) is -0.208. The summed E-state index contributed by atoms with van der Waals surface area (Å²) in [7, 11) is -1.46. The van der Waals surface area contributed by atoms with Crippen LogP contribution in [0.1, 0.15) is 12.6 Å². The van der Waals surface area contributed by atoms with E-state index in [-0.39, 0.29) is 5.82 Å². The minimum absolute atomic E-state index is 0.267. The van der Waals surface area contributed by atoms with E-state index in [2.05, 4.69) is 14.9 Å². The van der Waals surface area contributed by atoms with Crippen molar-refractivity contribution in [2.45, 2.75) is 13.3 Å². The summed E-state index contributed by atoms with van der Waals surface area (Å²) in [6, 6.07) is 0. The van der Waals surface area contributed by atoms with Crippen LogP contribution in [-0.2, 0) is 16.6 Å². The van der Waals surface area contributed by atoms with E-state index in [9.17, 15) is 12.8 Å². The van der Waals surface area contributed by atoms with Gasteiger partial charge < -0.3 is 9.80 Å². The van der Waals surface area contributed by atoms with Gasteiger partial charge in [-0.25, -0.2) is 14.4 Å². The van der Waals surface area contributed by atoms with Crippen LogP contribution in [0.4, 0.5) is 10.2 Å². The van der Waals surface area contributed by atoms with Crippen molar-refractivity contribution in [3.05, 3.63) is 17.8 Å². The minimum atomic E-state index is -3.45. The van der Waals surface area contributed by atoms with Crippen LogP contribution in [0.3, 0.4) is 0 Å². The fraction of sp³-hybridized carbons (Fsp3) is 0.733. The molecule has 0 N–H and O–H groups in total. The van der Waals surface area contributed by atoms with Crippen LogP contribution in [-0.4, -0.2) is 91.3 Å². The van der Waals surface area contributed by atoms with Gasteiger partial charge in [-0.1, -0.05) is 6.92 Å². The summed E-state index contributed by atoms with van der Waals surface area (Å²) < 4.78 is 43.0. The molecule has 3 rings (SSSR count). The standard InChI is InChI=1S/C15H25FN6O2S/c1-3-13-14(16)15(18-12-17-13)20-6-10-22(11-7-20)25(23,24)21-8-4-19(2)5-9-21/h12H,3-11H2,1-2H3. The first-order valence-electron chi connectivity index (χ1n) is 8.61. The van der Waals surface area contributed by atoms with Crippen LogP contribution in [0.15, 0.2) is 6.33 Å². The van der Waals surface area contributed by atoms with Crippen LogP contribution < -0.4 is 4.90 Å². The molecule has 1 aromatic heterocycles. The highest BCUT2D eigenvalue weighted by Gasteiger charge is 2.34. The van der Waals surface area contributed by atoms with Gasteiger partial charge in [0.15, 0.2) is 11.6 Å². The number of rotatable bonds is 4. The van der Waals surface area contributed by atoms with Crippen LogP contribution >= 0.6 is 0 Å². The first kappa shape index (κ1) is 18.4. The Morgan fingerprint density at radius 2 is 1.56 bits per heavy atom. The Balaban J connectivity index is 1.66. The zero-order valence-corrected chi connectivity index (χ0v) is 15.5. The van der Waals surface area contributed by atoms with Crippen LogP contribution in [0, 0.1) is 5.82 Å². The lowest BCUT2D eigenvalue weighted by Gasteiger charge is -2.39. The number of nitrogens with zero attached hydrogens (tertiary/aromatic N) is 6. The van der Waals surface area contributed by atoms with Gasteiger partial charge in [-0.2, -0.15) is 17.0 Å². The molecule has 10 heteroatoms. The van der Waals surface area contributed by atoms with Crippen LogP contribution in [0.25, 0.3) is 0 Å². The number of hydrogen-bond donors (Lipinski definition) is 0. The van der Waals surface area contributed by atoms with Crippen molar-refractivity contribution >= 4 is 16.0 Å². The van der Waals surface area contributed by atoms with Gasteiger partial charge in [0.1, 0.15) is 6.33 Å². The summed E-state index contributed by atoms with van der Waals surface area (Å²) in [4.78, 5) is 11.9. The van der Waals surface area contributed by atoms with Crippen LogP contribution in [0.5, 0.6) is 0 Å². The van der Waals surface area contributed by atoms with E-state index in [1.165, 1.54) is 10.6 Å². The average Bonchev–Trinajstić information content (AvgIpc) is 2.62. The molecule has 0 saturated carbocycles. The molecule has 0 spiro atoms. The Labute approximate surface area is 148 Å². The lowest BCUT2D eigenvalue weighted by molar-refractivity contribution is 0.210. The maximum atomic E-state index is 14.4. The number of aromatic nitrogens is 2. The summed E-state index contributed by atoms with van der Waals surface area (Å²) in [6.07, 6.45) is 1.86. The van der Waals surface area contributed by atoms with Crippen molar-refractivity contribution in [2.24, 2.45) is 0 Å². The fourth-order valence-corrected chi connectivity index (χ4v) is 4.75. The molecule has 2 fully saturated rings. The summed E-state index contributed by atoms with van der Waals surface area (Å²) in [5.41, 5.74) is 0.387. The number of hydrogen-bond acceptors (Lipinski definition) is 6. The number of likely N-dealkylation sites (N-methyl/N-ethyl adjacent to an activating group) is 1. The van der Waals surface area contributed by atoms with E-state index >= 15 is 0 Å². The Hall–Kier alpha value is -1.36. The Bertz CT molecular complexity index is 700. The van der Waals surface area contributed by atoms with Crippen molar-refractivity contribution in [3.8, 4) is 0 Å². The average molecular weight is 372 g/mol. The summed E-state index contributed by atoms with van der Waals surface area (Å²) in [5, 5.41) is 0. The molecule has 0 unspecified atom stereocenters. The van der Waals surface area contributed by atoms with Crippen molar-refractivity contribution < 1.29 is 12.8 Å². The SMILES string of the molecule is CCc1ncnc(N2CCN(S(=O)(=O)N3CCN(C)CC3)CC2)c1F. The molecule has 8 nitrogen and oxygen atoms in total. The largest absolute Gasteiger partial charge is 0.351 e. The summed E-state index contributed by atoms with van der Waals surface area (Å²) in [6.45, 7) is 5.86. The molecule has 2 aliphatic rings. The molecule has 0 aromatic carbocycles. The van der Waals surface area contributed by atoms with Gasteiger partial charge >= 0.3 is 0 Å². The first-order valence-corrected chi connectivity index (χ1v) is 10.0. The number of aryl methyl sites for hydroxylation is 1. The lowest BCUT2D eigenvalue weighted by atomic mass is 10.2. The molecule has 0 amide bonds. The molecule has 2 saturated heterocycles. The smallest absolute Gasteiger partial charge is 0.282 e. The highest BCUT2D eigenvalue weighted by molar-refractivity contribution is 7.86. The number of piperazine rings is 2. The van der Waals surface area contributed by atoms with Gasteiger partial charge in [-0.15, -0.1) is 0 Å². The third-order valence-corrected chi connectivity index (χ3v) is 6.87. The van der Waals surface area contributed by atoms with Crippen molar-refractivity contribution in [1.29, 1.82) is 0 Å². The van der Waals surface area contributed by atoms with E-state index in [1.807, 2.05) is 14.0 Å². The maximum absolute atomic E-state index is 14.4. The highest BCUT2D eigenvalue weighted by Crippen LogP contribution is 2.21. The second-order valence-electron chi connectivity index (χ2n) is 6.41. The van der Waals surface area contributed by atoms with Crippen molar-refractivity contribution in [2.75, 3.05) is 64.3 Å². The quantitative estimate of drug-likeness (QED) is 0.728. The fourth-order valence-electron chi connectivity index (χ4n) is 3.18. The van der Waals surface area contributed by atoms with Gasteiger partial charge in [-0.05, 0) is 13.5 Å². The normalized spacial score (nSPS) is 21.6. The van der Waals surface area contributed by atoms with E-state index in [4.69, 9.17) is 0 Å². The third-order valence-electron chi connectivity index (χ3n) is 4.83. The Morgan fingerprint density at radius 1 is 1.00 bits per heavy atom. The first-order chi connectivity index (χ1) is 11.9. The maximum Gasteiger partial charge on any atom is 0.282 e. The van der Waals surface area contributed by atoms with Crippen molar-refractivity contribution in [1.82, 2.24) is 23.5 Å². The zero-order chi connectivity index (χ0) is 18.0. The van der Waals surface area contributed by atoms with Gasteiger partial charge in [0.25, 0.3) is 10.2 Å². The van der Waals surface area contributed by atoms with Gasteiger partial charge in [0, 0.05) is 52.4 Å². The molecule has 3 heterocycles. The monoisotopic (exact) mass is 372 g/mol. The van der Waals surface area contributed by atoms with Gasteiger partial charge in [-0.3, -0.25) is 0 Å². The van der Waals surface area contributed by atoms with Gasteiger partial charge in [0.2, 0.25) is 0 Å². The molecular formula is C15H25FN6O2S. The molecule has 140 valence electrons. The predicted molar refractivity (Wildman–Crippen MR) is 93.1 cm³/mol. The summed E-state index contributed by atoms with van der Waals surface area (Å²) >= 11 is 0. The topological polar surface area (TPSA) is 72.9 Å². The summed E-state index contributed by atoms with van der Waals surface area (Å²) in [5.74, 6) is -0.135. The second kappa shape index (κ2) is 7.48. The molecule has 25 heavy (non-hydrogen) atoms. The van der Waals surface area contributed by atoms with Crippen LogP contribution in [0.2, 0.25) is 0 Å². The second-order valence-corrected chi connectivity index (χ2v) is 8.34. The molecule has 0 atom stereocenters. The number of anilines is 1. The van der Waals surface area contributed by atoms with Gasteiger partial charge in [0.05, 0.1) is 5.69 Å². The van der Waals surface area contributed by atoms with E-state index in [1.54, 1.807) is 9.21 Å². The molecular weight excluding hydrogens is 347 g/mol. The van der Waals surface area contributed by atoms with Crippen molar-refractivity contribution in [3.63, 3.8) is 0 Å². The minimum Gasteiger partial charge on any atom is -0.351 e. The molecule has 0 bridgehead atoms. The van der Waals surface area contributed by atoms with E-state index in [0.717, 1.165) is 13.1 Å². The third kappa shape index (κ3) is 3.76. The molecule has 0 aliphatic carbocycles. The molecule has 2 aliphatic heterocycles. The molecule has 1 aromatic rings. The Kier molecular flexibility index (Phi) is 5.52. The highest BCUT2D eigenvalue weighted by atomic mass is 32.2.